The van der Waals surface area contributed by atoms with E-state index in [1.54, 1.807) is 7.11 Å². The number of benzene rings is 1. The zero-order valence-corrected chi connectivity index (χ0v) is 13.8. The van der Waals surface area contributed by atoms with E-state index in [4.69, 9.17) is 15.2 Å². The van der Waals surface area contributed by atoms with Gasteiger partial charge in [0.15, 0.2) is 11.5 Å². The minimum absolute atomic E-state index is 0.200. The molecule has 0 radical (unpaired) electrons. The lowest BCUT2D eigenvalue weighted by Gasteiger charge is -2.35. The standard InChI is InChI=1S/C16H22BrNO2/c1-10-8-11-14(17)12(9-13(19-2)15(11)20-10)16(18)6-4-3-5-7-16/h9-10H,3-8,18H2,1-2H3. The first-order valence-corrected chi connectivity index (χ1v) is 8.20. The van der Waals surface area contributed by atoms with Crippen molar-refractivity contribution in [3.8, 4) is 11.5 Å². The van der Waals surface area contributed by atoms with E-state index >= 15 is 0 Å². The van der Waals surface area contributed by atoms with Crippen molar-refractivity contribution in [1.29, 1.82) is 0 Å². The van der Waals surface area contributed by atoms with E-state index in [-0.39, 0.29) is 11.6 Å². The topological polar surface area (TPSA) is 44.5 Å². The average Bonchev–Trinajstić information content (AvgIpc) is 2.82. The molecule has 1 aliphatic heterocycles. The normalized spacial score (nSPS) is 24.1. The Morgan fingerprint density at radius 1 is 1.35 bits per heavy atom. The van der Waals surface area contributed by atoms with E-state index in [9.17, 15) is 0 Å². The molecule has 110 valence electrons. The zero-order chi connectivity index (χ0) is 14.3. The van der Waals surface area contributed by atoms with Crippen molar-refractivity contribution in [2.75, 3.05) is 7.11 Å². The van der Waals surface area contributed by atoms with Crippen molar-refractivity contribution in [3.63, 3.8) is 0 Å². The molecule has 0 aromatic heterocycles. The van der Waals surface area contributed by atoms with E-state index in [0.29, 0.717) is 0 Å². The number of methoxy groups -OCH3 is 1. The molecular formula is C16H22BrNO2. The summed E-state index contributed by atoms with van der Waals surface area (Å²) in [5.74, 6) is 1.70. The monoisotopic (exact) mass is 339 g/mol. The van der Waals surface area contributed by atoms with E-state index in [1.807, 2.05) is 0 Å². The molecule has 0 amide bonds. The lowest BCUT2D eigenvalue weighted by atomic mass is 9.77. The number of nitrogens with two attached hydrogens (primary N) is 1. The molecule has 0 spiro atoms. The molecule has 1 aromatic carbocycles. The van der Waals surface area contributed by atoms with Crippen LogP contribution in [0.3, 0.4) is 0 Å². The van der Waals surface area contributed by atoms with Gasteiger partial charge in [0.1, 0.15) is 6.10 Å². The smallest absolute Gasteiger partial charge is 0.166 e. The van der Waals surface area contributed by atoms with Crippen molar-refractivity contribution in [2.24, 2.45) is 5.73 Å². The fraction of sp³-hybridized carbons (Fsp3) is 0.625. The number of hydrogen-bond acceptors (Lipinski definition) is 3. The Balaban J connectivity index is 2.10. The van der Waals surface area contributed by atoms with E-state index < -0.39 is 0 Å². The molecule has 0 saturated heterocycles. The maximum atomic E-state index is 6.71. The lowest BCUT2D eigenvalue weighted by Crippen LogP contribution is -2.39. The van der Waals surface area contributed by atoms with Crippen LogP contribution in [0.15, 0.2) is 10.5 Å². The van der Waals surface area contributed by atoms with Crippen molar-refractivity contribution in [2.45, 2.75) is 57.1 Å². The van der Waals surface area contributed by atoms with Gasteiger partial charge in [0, 0.05) is 22.0 Å². The second kappa shape index (κ2) is 5.23. The molecule has 1 atom stereocenters. The molecule has 1 saturated carbocycles. The molecule has 1 fully saturated rings. The van der Waals surface area contributed by atoms with Crippen LogP contribution in [0.25, 0.3) is 0 Å². The van der Waals surface area contributed by atoms with Crippen LogP contribution in [0, 0.1) is 0 Å². The Morgan fingerprint density at radius 3 is 2.70 bits per heavy atom. The molecule has 1 unspecified atom stereocenters. The Hall–Kier alpha value is -0.740. The summed E-state index contributed by atoms with van der Waals surface area (Å²) in [4.78, 5) is 0. The Morgan fingerprint density at radius 2 is 2.05 bits per heavy atom. The number of halogens is 1. The molecule has 1 aromatic rings. The van der Waals surface area contributed by atoms with Crippen LogP contribution < -0.4 is 15.2 Å². The second-order valence-corrected chi connectivity index (χ2v) is 6.89. The van der Waals surface area contributed by atoms with Gasteiger partial charge in [0.2, 0.25) is 0 Å². The van der Waals surface area contributed by atoms with E-state index in [0.717, 1.165) is 35.2 Å². The van der Waals surface area contributed by atoms with Crippen LogP contribution in [0.4, 0.5) is 0 Å². The number of hydrogen-bond donors (Lipinski definition) is 1. The molecule has 2 N–H and O–H groups in total. The van der Waals surface area contributed by atoms with Crippen LogP contribution in [-0.2, 0) is 12.0 Å². The first-order chi connectivity index (χ1) is 9.55. The summed E-state index contributed by atoms with van der Waals surface area (Å²) in [6, 6.07) is 2.08. The van der Waals surface area contributed by atoms with E-state index in [1.165, 1.54) is 30.4 Å². The number of rotatable bonds is 2. The first-order valence-electron chi connectivity index (χ1n) is 7.40. The van der Waals surface area contributed by atoms with Gasteiger partial charge in [-0.3, -0.25) is 0 Å². The third kappa shape index (κ3) is 2.23. The van der Waals surface area contributed by atoms with Crippen LogP contribution >= 0.6 is 15.9 Å². The maximum Gasteiger partial charge on any atom is 0.166 e. The molecule has 2 aliphatic rings. The van der Waals surface area contributed by atoms with Crippen LogP contribution in [0.2, 0.25) is 0 Å². The Labute approximate surface area is 129 Å². The van der Waals surface area contributed by atoms with Crippen LogP contribution in [0.5, 0.6) is 11.5 Å². The highest BCUT2D eigenvalue weighted by Gasteiger charge is 2.36. The molecule has 0 bridgehead atoms. The highest BCUT2D eigenvalue weighted by molar-refractivity contribution is 9.10. The minimum atomic E-state index is -0.231. The SMILES string of the molecule is COc1cc(C2(N)CCCCC2)c(Br)c2c1OC(C)C2. The fourth-order valence-electron chi connectivity index (χ4n) is 3.48. The predicted molar refractivity (Wildman–Crippen MR) is 83.4 cm³/mol. The van der Waals surface area contributed by atoms with Gasteiger partial charge in [0.25, 0.3) is 0 Å². The minimum Gasteiger partial charge on any atom is -0.493 e. The zero-order valence-electron chi connectivity index (χ0n) is 12.2. The number of ether oxygens (including phenoxy) is 2. The second-order valence-electron chi connectivity index (χ2n) is 6.10. The molecule has 20 heavy (non-hydrogen) atoms. The summed E-state index contributed by atoms with van der Waals surface area (Å²) < 4.78 is 12.6. The maximum absolute atomic E-state index is 6.71. The predicted octanol–water partition coefficient (Wildman–Crippen LogP) is 3.90. The molecule has 1 aliphatic carbocycles. The molecule has 3 nitrogen and oxygen atoms in total. The summed E-state index contributed by atoms with van der Waals surface area (Å²) in [7, 11) is 1.70. The van der Waals surface area contributed by atoms with Gasteiger partial charge >= 0.3 is 0 Å². The van der Waals surface area contributed by atoms with Gasteiger partial charge in [0.05, 0.1) is 7.11 Å². The van der Waals surface area contributed by atoms with Gasteiger partial charge in [-0.25, -0.2) is 0 Å². The summed E-state index contributed by atoms with van der Waals surface area (Å²) in [6.45, 7) is 2.09. The van der Waals surface area contributed by atoms with Crippen LogP contribution in [0.1, 0.15) is 50.2 Å². The van der Waals surface area contributed by atoms with Gasteiger partial charge in [-0.2, -0.15) is 0 Å². The highest BCUT2D eigenvalue weighted by Crippen LogP contribution is 2.48. The fourth-order valence-corrected chi connectivity index (χ4v) is 4.33. The Bertz CT molecular complexity index is 524. The van der Waals surface area contributed by atoms with Gasteiger partial charge < -0.3 is 15.2 Å². The van der Waals surface area contributed by atoms with Crippen molar-refractivity contribution in [3.05, 3.63) is 21.7 Å². The molecular weight excluding hydrogens is 318 g/mol. The summed E-state index contributed by atoms with van der Waals surface area (Å²) in [5.41, 5.74) is 8.87. The third-order valence-corrected chi connectivity index (χ3v) is 5.49. The molecule has 1 heterocycles. The average molecular weight is 340 g/mol. The first kappa shape index (κ1) is 14.2. The van der Waals surface area contributed by atoms with Gasteiger partial charge in [-0.15, -0.1) is 0 Å². The quantitative estimate of drug-likeness (QED) is 0.888. The lowest BCUT2D eigenvalue weighted by molar-refractivity contribution is 0.243. The highest BCUT2D eigenvalue weighted by atomic mass is 79.9. The number of fused-ring (bicyclic) bond motifs is 1. The summed E-state index contributed by atoms with van der Waals surface area (Å²) >= 11 is 3.78. The van der Waals surface area contributed by atoms with Crippen molar-refractivity contribution >= 4 is 15.9 Å². The van der Waals surface area contributed by atoms with Crippen LogP contribution in [-0.4, -0.2) is 13.2 Å². The van der Waals surface area contributed by atoms with Gasteiger partial charge in [-0.05, 0) is 31.4 Å². The largest absolute Gasteiger partial charge is 0.493 e. The Kier molecular flexibility index (Phi) is 3.71. The summed E-state index contributed by atoms with van der Waals surface area (Å²) in [6.07, 6.45) is 6.90. The van der Waals surface area contributed by atoms with Crippen molar-refractivity contribution < 1.29 is 9.47 Å². The molecule has 4 heteroatoms. The van der Waals surface area contributed by atoms with Gasteiger partial charge in [-0.1, -0.05) is 35.2 Å². The summed E-state index contributed by atoms with van der Waals surface area (Å²) in [5, 5.41) is 0. The third-order valence-electron chi connectivity index (χ3n) is 4.59. The molecule has 3 rings (SSSR count). The van der Waals surface area contributed by atoms with Crippen molar-refractivity contribution in [1.82, 2.24) is 0 Å². The van der Waals surface area contributed by atoms with E-state index in [2.05, 4.69) is 28.9 Å².